The number of rotatable bonds is 2. The van der Waals surface area contributed by atoms with E-state index in [-0.39, 0.29) is 5.41 Å². The molecule has 1 N–H and O–H groups in total. The summed E-state index contributed by atoms with van der Waals surface area (Å²) in [7, 11) is 0. The van der Waals surface area contributed by atoms with Gasteiger partial charge in [-0.2, -0.15) is 0 Å². The van der Waals surface area contributed by atoms with Crippen LogP contribution in [0.2, 0.25) is 0 Å². The molecule has 0 radical (unpaired) electrons. The molecule has 0 atom stereocenters. The van der Waals surface area contributed by atoms with Gasteiger partial charge < -0.3 is 10.1 Å². The highest BCUT2D eigenvalue weighted by molar-refractivity contribution is 5.45. The molecule has 3 heteroatoms. The highest BCUT2D eigenvalue weighted by Crippen LogP contribution is 2.24. The standard InChI is InChI=1S/C12H18N2O/c1-12(2,3)9-4-10(6-13-5-9)14-11-7-15-8-11/h4-6,11,14H,7-8H2,1-3H3. The van der Waals surface area contributed by atoms with Crippen molar-refractivity contribution in [2.45, 2.75) is 32.2 Å². The van der Waals surface area contributed by atoms with Crippen LogP contribution >= 0.6 is 0 Å². The summed E-state index contributed by atoms with van der Waals surface area (Å²) in [6.45, 7) is 8.19. The van der Waals surface area contributed by atoms with Crippen molar-refractivity contribution in [3.8, 4) is 0 Å². The van der Waals surface area contributed by atoms with Gasteiger partial charge in [0, 0.05) is 12.4 Å². The topological polar surface area (TPSA) is 34.2 Å². The van der Waals surface area contributed by atoms with Crippen molar-refractivity contribution in [2.24, 2.45) is 0 Å². The van der Waals surface area contributed by atoms with Crippen LogP contribution in [0.4, 0.5) is 5.69 Å². The van der Waals surface area contributed by atoms with Crippen LogP contribution in [0.5, 0.6) is 0 Å². The van der Waals surface area contributed by atoms with Crippen molar-refractivity contribution < 1.29 is 4.74 Å². The maximum atomic E-state index is 5.12. The van der Waals surface area contributed by atoms with E-state index in [0.717, 1.165) is 18.9 Å². The molecule has 0 spiro atoms. The molecule has 0 bridgehead atoms. The second-order valence-corrected chi connectivity index (χ2v) is 5.09. The van der Waals surface area contributed by atoms with Gasteiger partial charge in [0.2, 0.25) is 0 Å². The molecule has 1 aromatic rings. The molecule has 15 heavy (non-hydrogen) atoms. The van der Waals surface area contributed by atoms with Crippen molar-refractivity contribution in [1.29, 1.82) is 0 Å². The Bertz CT molecular complexity index is 340. The monoisotopic (exact) mass is 206 g/mol. The zero-order valence-electron chi connectivity index (χ0n) is 9.58. The molecular formula is C12H18N2O. The van der Waals surface area contributed by atoms with Crippen LogP contribution in [0.3, 0.4) is 0 Å². The average molecular weight is 206 g/mol. The van der Waals surface area contributed by atoms with Crippen molar-refractivity contribution in [3.63, 3.8) is 0 Å². The van der Waals surface area contributed by atoms with Gasteiger partial charge in [0.25, 0.3) is 0 Å². The summed E-state index contributed by atoms with van der Waals surface area (Å²) in [5.41, 5.74) is 2.50. The molecule has 1 aliphatic heterocycles. The first-order valence-electron chi connectivity index (χ1n) is 5.35. The maximum absolute atomic E-state index is 5.12. The fourth-order valence-corrected chi connectivity index (χ4v) is 1.48. The van der Waals surface area contributed by atoms with E-state index in [4.69, 9.17) is 4.74 Å². The molecule has 2 rings (SSSR count). The second kappa shape index (κ2) is 3.81. The predicted octanol–water partition coefficient (Wildman–Crippen LogP) is 2.19. The minimum absolute atomic E-state index is 0.154. The molecule has 82 valence electrons. The molecule has 1 fully saturated rings. The van der Waals surface area contributed by atoms with Gasteiger partial charge in [0.1, 0.15) is 0 Å². The lowest BCUT2D eigenvalue weighted by Gasteiger charge is -2.28. The van der Waals surface area contributed by atoms with E-state index in [9.17, 15) is 0 Å². The first-order chi connectivity index (χ1) is 7.05. The Morgan fingerprint density at radius 2 is 2.07 bits per heavy atom. The normalized spacial score (nSPS) is 17.3. The minimum Gasteiger partial charge on any atom is -0.377 e. The van der Waals surface area contributed by atoms with Gasteiger partial charge in [0.05, 0.1) is 24.9 Å². The molecule has 2 heterocycles. The van der Waals surface area contributed by atoms with Crippen LogP contribution in [-0.4, -0.2) is 24.2 Å². The first kappa shape index (κ1) is 10.4. The SMILES string of the molecule is CC(C)(C)c1cncc(NC2COC2)c1. The number of hydrogen-bond acceptors (Lipinski definition) is 3. The summed E-state index contributed by atoms with van der Waals surface area (Å²) in [6.07, 6.45) is 3.80. The highest BCUT2D eigenvalue weighted by atomic mass is 16.5. The van der Waals surface area contributed by atoms with Gasteiger partial charge in [-0.15, -0.1) is 0 Å². The number of aromatic nitrogens is 1. The number of pyridine rings is 1. The number of nitrogens with one attached hydrogen (secondary N) is 1. The molecular weight excluding hydrogens is 188 g/mol. The van der Waals surface area contributed by atoms with Crippen molar-refractivity contribution >= 4 is 5.69 Å². The third-order valence-corrected chi connectivity index (χ3v) is 2.61. The maximum Gasteiger partial charge on any atom is 0.0729 e. The Hall–Kier alpha value is -1.09. The van der Waals surface area contributed by atoms with Crippen molar-refractivity contribution in [1.82, 2.24) is 4.98 Å². The van der Waals surface area contributed by atoms with Gasteiger partial charge in [-0.1, -0.05) is 20.8 Å². The summed E-state index contributed by atoms with van der Waals surface area (Å²) in [6, 6.07) is 2.63. The third kappa shape index (κ3) is 2.48. The van der Waals surface area contributed by atoms with Gasteiger partial charge >= 0.3 is 0 Å². The fourth-order valence-electron chi connectivity index (χ4n) is 1.48. The van der Waals surface area contributed by atoms with Crippen LogP contribution in [0.1, 0.15) is 26.3 Å². The molecule has 0 unspecified atom stereocenters. The third-order valence-electron chi connectivity index (χ3n) is 2.61. The molecule has 3 nitrogen and oxygen atoms in total. The van der Waals surface area contributed by atoms with Crippen LogP contribution in [0.25, 0.3) is 0 Å². The summed E-state index contributed by atoms with van der Waals surface area (Å²) < 4.78 is 5.12. The number of anilines is 1. The minimum atomic E-state index is 0.154. The lowest BCUT2D eigenvalue weighted by atomic mass is 9.88. The van der Waals surface area contributed by atoms with Crippen LogP contribution < -0.4 is 5.32 Å². The Kier molecular flexibility index (Phi) is 2.65. The zero-order chi connectivity index (χ0) is 10.9. The fraction of sp³-hybridized carbons (Fsp3) is 0.583. The Morgan fingerprint density at radius 1 is 1.33 bits per heavy atom. The largest absolute Gasteiger partial charge is 0.377 e. The number of nitrogens with zero attached hydrogens (tertiary/aromatic N) is 1. The molecule has 1 saturated heterocycles. The molecule has 0 saturated carbocycles. The van der Waals surface area contributed by atoms with E-state index >= 15 is 0 Å². The Labute approximate surface area is 90.9 Å². The highest BCUT2D eigenvalue weighted by Gasteiger charge is 2.19. The van der Waals surface area contributed by atoms with Crippen LogP contribution in [-0.2, 0) is 10.2 Å². The van der Waals surface area contributed by atoms with Crippen molar-refractivity contribution in [3.05, 3.63) is 24.0 Å². The van der Waals surface area contributed by atoms with Gasteiger partial charge in [0.15, 0.2) is 0 Å². The predicted molar refractivity (Wildman–Crippen MR) is 61.2 cm³/mol. The van der Waals surface area contributed by atoms with Crippen LogP contribution in [0, 0.1) is 0 Å². The summed E-state index contributed by atoms with van der Waals surface area (Å²) >= 11 is 0. The second-order valence-electron chi connectivity index (χ2n) is 5.09. The molecule has 1 aliphatic rings. The Balaban J connectivity index is 2.11. The van der Waals surface area contributed by atoms with E-state index in [1.54, 1.807) is 0 Å². The molecule has 1 aromatic heterocycles. The van der Waals surface area contributed by atoms with Crippen LogP contribution in [0.15, 0.2) is 18.5 Å². The number of hydrogen-bond donors (Lipinski definition) is 1. The quantitative estimate of drug-likeness (QED) is 0.805. The van der Waals surface area contributed by atoms with E-state index < -0.39 is 0 Å². The van der Waals surface area contributed by atoms with Gasteiger partial charge in [-0.25, -0.2) is 0 Å². The summed E-state index contributed by atoms with van der Waals surface area (Å²) in [5.74, 6) is 0. The van der Waals surface area contributed by atoms with E-state index in [0.29, 0.717) is 6.04 Å². The van der Waals surface area contributed by atoms with E-state index in [2.05, 4.69) is 37.1 Å². The number of ether oxygens (including phenoxy) is 1. The summed E-state index contributed by atoms with van der Waals surface area (Å²) in [4.78, 5) is 4.26. The van der Waals surface area contributed by atoms with E-state index in [1.807, 2.05) is 12.4 Å². The smallest absolute Gasteiger partial charge is 0.0729 e. The van der Waals surface area contributed by atoms with Gasteiger partial charge in [-0.05, 0) is 17.0 Å². The van der Waals surface area contributed by atoms with E-state index in [1.165, 1.54) is 5.56 Å². The summed E-state index contributed by atoms with van der Waals surface area (Å²) in [5, 5.41) is 3.40. The Morgan fingerprint density at radius 3 is 2.60 bits per heavy atom. The molecule has 0 aromatic carbocycles. The molecule has 0 amide bonds. The first-order valence-corrected chi connectivity index (χ1v) is 5.35. The van der Waals surface area contributed by atoms with Gasteiger partial charge in [-0.3, -0.25) is 4.98 Å². The lowest BCUT2D eigenvalue weighted by Crippen LogP contribution is -2.40. The molecule has 0 aliphatic carbocycles. The van der Waals surface area contributed by atoms with Crippen molar-refractivity contribution in [2.75, 3.05) is 18.5 Å². The lowest BCUT2D eigenvalue weighted by molar-refractivity contribution is 0.0211. The average Bonchev–Trinajstić information content (AvgIpc) is 2.11. The zero-order valence-corrected chi connectivity index (χ0v) is 9.58.